The highest BCUT2D eigenvalue weighted by molar-refractivity contribution is 5.76. The average Bonchev–Trinajstić information content (AvgIpc) is 2.30. The van der Waals surface area contributed by atoms with Gasteiger partial charge < -0.3 is 15.8 Å². The third-order valence-corrected chi connectivity index (χ3v) is 2.52. The van der Waals surface area contributed by atoms with Crippen molar-refractivity contribution in [1.29, 1.82) is 0 Å². The van der Waals surface area contributed by atoms with Gasteiger partial charge in [0.05, 0.1) is 0 Å². The second kappa shape index (κ2) is 10.9. The average molecular weight is 230 g/mol. The van der Waals surface area contributed by atoms with Crippen molar-refractivity contribution in [3.8, 4) is 0 Å². The molecule has 1 unspecified atom stereocenters. The Morgan fingerprint density at radius 2 is 2.12 bits per heavy atom. The van der Waals surface area contributed by atoms with Gasteiger partial charge in [0.25, 0.3) is 0 Å². The normalized spacial score (nSPS) is 12.4. The van der Waals surface area contributed by atoms with E-state index in [4.69, 9.17) is 10.5 Å². The molecule has 0 aliphatic rings. The molecule has 0 saturated heterocycles. The molecule has 0 aromatic rings. The van der Waals surface area contributed by atoms with Gasteiger partial charge in [0.2, 0.25) is 5.91 Å². The molecule has 0 saturated carbocycles. The lowest BCUT2D eigenvalue weighted by Crippen LogP contribution is -2.29. The molecule has 3 N–H and O–H groups in total. The predicted octanol–water partition coefficient (Wildman–Crippen LogP) is 1.29. The molecule has 0 spiro atoms. The van der Waals surface area contributed by atoms with E-state index in [1.807, 2.05) is 0 Å². The topological polar surface area (TPSA) is 64.3 Å². The summed E-state index contributed by atoms with van der Waals surface area (Å²) >= 11 is 0. The smallest absolute Gasteiger partial charge is 0.220 e. The summed E-state index contributed by atoms with van der Waals surface area (Å²) in [5, 5.41) is 2.88. The minimum atomic E-state index is 0.104. The highest BCUT2D eigenvalue weighted by atomic mass is 16.5. The molecule has 1 amide bonds. The zero-order valence-corrected chi connectivity index (χ0v) is 10.6. The number of carbonyl (C=O) groups is 1. The van der Waals surface area contributed by atoms with E-state index >= 15 is 0 Å². The van der Waals surface area contributed by atoms with Crippen molar-refractivity contribution < 1.29 is 9.53 Å². The van der Waals surface area contributed by atoms with Crippen LogP contribution in [-0.4, -0.2) is 32.2 Å². The van der Waals surface area contributed by atoms with Crippen molar-refractivity contribution in [2.24, 2.45) is 11.7 Å². The van der Waals surface area contributed by atoms with Gasteiger partial charge in [0.1, 0.15) is 0 Å². The maximum atomic E-state index is 11.5. The third kappa shape index (κ3) is 8.68. The second-order valence-corrected chi connectivity index (χ2v) is 4.03. The Balaban J connectivity index is 3.36. The highest BCUT2D eigenvalue weighted by Crippen LogP contribution is 2.05. The van der Waals surface area contributed by atoms with Crippen molar-refractivity contribution >= 4 is 5.91 Å². The number of nitrogens with two attached hydrogens (primary N) is 1. The van der Waals surface area contributed by atoms with Gasteiger partial charge in [-0.2, -0.15) is 0 Å². The van der Waals surface area contributed by atoms with Crippen LogP contribution < -0.4 is 11.1 Å². The Labute approximate surface area is 98.9 Å². The fourth-order valence-corrected chi connectivity index (χ4v) is 1.38. The van der Waals surface area contributed by atoms with Crippen molar-refractivity contribution in [3.63, 3.8) is 0 Å². The standard InChI is InChI=1S/C12H26N2O2/c1-3-7-16-8-5-6-14-12(15)9-11(4-2)10-13/h11H,3-10,13H2,1-2H3,(H,14,15). The quantitative estimate of drug-likeness (QED) is 0.556. The monoisotopic (exact) mass is 230 g/mol. The zero-order chi connectivity index (χ0) is 12.2. The zero-order valence-electron chi connectivity index (χ0n) is 10.6. The maximum absolute atomic E-state index is 11.5. The first-order chi connectivity index (χ1) is 7.74. The van der Waals surface area contributed by atoms with Crippen LogP contribution in [0.25, 0.3) is 0 Å². The Kier molecular flexibility index (Phi) is 10.5. The van der Waals surface area contributed by atoms with Crippen LogP contribution in [0.15, 0.2) is 0 Å². The molecule has 0 fully saturated rings. The van der Waals surface area contributed by atoms with Gasteiger partial charge in [-0.25, -0.2) is 0 Å². The molecule has 0 rings (SSSR count). The molecule has 4 heteroatoms. The van der Waals surface area contributed by atoms with E-state index in [9.17, 15) is 4.79 Å². The minimum Gasteiger partial charge on any atom is -0.381 e. The van der Waals surface area contributed by atoms with Gasteiger partial charge in [0, 0.05) is 26.2 Å². The van der Waals surface area contributed by atoms with Crippen LogP contribution >= 0.6 is 0 Å². The Morgan fingerprint density at radius 1 is 1.38 bits per heavy atom. The van der Waals surface area contributed by atoms with Gasteiger partial charge >= 0.3 is 0 Å². The summed E-state index contributed by atoms with van der Waals surface area (Å²) in [6.07, 6.45) is 3.43. The van der Waals surface area contributed by atoms with E-state index in [0.29, 0.717) is 25.4 Å². The Bertz CT molecular complexity index is 170. The van der Waals surface area contributed by atoms with Crippen LogP contribution in [0.4, 0.5) is 0 Å². The summed E-state index contributed by atoms with van der Waals surface area (Å²) in [5.74, 6) is 0.420. The van der Waals surface area contributed by atoms with Crippen LogP contribution in [-0.2, 0) is 9.53 Å². The van der Waals surface area contributed by atoms with Gasteiger partial charge in [-0.15, -0.1) is 0 Å². The Morgan fingerprint density at radius 3 is 2.69 bits per heavy atom. The SMILES string of the molecule is CCCOCCCNC(=O)CC(CC)CN. The fourth-order valence-electron chi connectivity index (χ4n) is 1.38. The minimum absolute atomic E-state index is 0.104. The second-order valence-electron chi connectivity index (χ2n) is 4.03. The maximum Gasteiger partial charge on any atom is 0.220 e. The molecule has 1 atom stereocenters. The molecule has 0 aliphatic carbocycles. The summed E-state index contributed by atoms with van der Waals surface area (Å²) in [7, 11) is 0. The van der Waals surface area contributed by atoms with Crippen LogP contribution in [0.3, 0.4) is 0 Å². The highest BCUT2D eigenvalue weighted by Gasteiger charge is 2.09. The van der Waals surface area contributed by atoms with Crippen molar-refractivity contribution in [2.45, 2.75) is 39.5 Å². The molecular formula is C12H26N2O2. The first-order valence-corrected chi connectivity index (χ1v) is 6.29. The molecule has 0 heterocycles. The lowest BCUT2D eigenvalue weighted by Gasteiger charge is -2.11. The third-order valence-electron chi connectivity index (χ3n) is 2.52. The van der Waals surface area contributed by atoms with Gasteiger partial charge in [-0.05, 0) is 25.3 Å². The summed E-state index contributed by atoms with van der Waals surface area (Å²) in [6, 6.07) is 0. The van der Waals surface area contributed by atoms with Gasteiger partial charge in [0.15, 0.2) is 0 Å². The molecule has 0 aromatic carbocycles. The summed E-state index contributed by atoms with van der Waals surface area (Å²) < 4.78 is 5.32. The van der Waals surface area contributed by atoms with E-state index in [2.05, 4.69) is 19.2 Å². The molecule has 0 aliphatic heterocycles. The summed E-state index contributed by atoms with van der Waals surface area (Å²) in [5.41, 5.74) is 5.54. The predicted molar refractivity (Wildman–Crippen MR) is 66.2 cm³/mol. The molecule has 4 nitrogen and oxygen atoms in total. The van der Waals surface area contributed by atoms with Crippen molar-refractivity contribution in [3.05, 3.63) is 0 Å². The molecule has 0 radical (unpaired) electrons. The Hall–Kier alpha value is -0.610. The summed E-state index contributed by atoms with van der Waals surface area (Å²) in [4.78, 5) is 11.5. The van der Waals surface area contributed by atoms with E-state index in [0.717, 1.165) is 32.5 Å². The number of carbonyl (C=O) groups excluding carboxylic acids is 1. The number of hydrogen-bond donors (Lipinski definition) is 2. The van der Waals surface area contributed by atoms with Crippen molar-refractivity contribution in [1.82, 2.24) is 5.32 Å². The number of hydrogen-bond acceptors (Lipinski definition) is 3. The van der Waals surface area contributed by atoms with E-state index in [-0.39, 0.29) is 5.91 Å². The number of rotatable bonds is 10. The first-order valence-electron chi connectivity index (χ1n) is 6.29. The lowest BCUT2D eigenvalue weighted by molar-refractivity contribution is -0.122. The van der Waals surface area contributed by atoms with Crippen molar-refractivity contribution in [2.75, 3.05) is 26.3 Å². The van der Waals surface area contributed by atoms with Crippen LogP contribution in [0, 0.1) is 5.92 Å². The lowest BCUT2D eigenvalue weighted by atomic mass is 10.0. The number of ether oxygens (including phenoxy) is 1. The fraction of sp³-hybridized carbons (Fsp3) is 0.917. The van der Waals surface area contributed by atoms with Crippen LogP contribution in [0.5, 0.6) is 0 Å². The molecule has 16 heavy (non-hydrogen) atoms. The molecule has 0 aromatic heterocycles. The number of nitrogens with one attached hydrogen (secondary N) is 1. The molecule has 96 valence electrons. The van der Waals surface area contributed by atoms with Gasteiger partial charge in [-0.3, -0.25) is 4.79 Å². The first kappa shape index (κ1) is 15.4. The van der Waals surface area contributed by atoms with Crippen LogP contribution in [0.2, 0.25) is 0 Å². The largest absolute Gasteiger partial charge is 0.381 e. The molecular weight excluding hydrogens is 204 g/mol. The van der Waals surface area contributed by atoms with Crippen LogP contribution in [0.1, 0.15) is 39.5 Å². The molecule has 0 bridgehead atoms. The van der Waals surface area contributed by atoms with E-state index < -0.39 is 0 Å². The van der Waals surface area contributed by atoms with E-state index in [1.165, 1.54) is 0 Å². The summed E-state index contributed by atoms with van der Waals surface area (Å²) in [6.45, 7) is 6.96. The van der Waals surface area contributed by atoms with E-state index in [1.54, 1.807) is 0 Å². The number of amides is 1. The van der Waals surface area contributed by atoms with Gasteiger partial charge in [-0.1, -0.05) is 20.3 Å².